The molecule has 3 N–H and O–H groups in total. The number of nitrogens with one attached hydrogen (secondary N) is 1. The number of hydrazine groups is 1. The van der Waals surface area contributed by atoms with E-state index in [0.29, 0.717) is 24.7 Å². The lowest BCUT2D eigenvalue weighted by atomic mass is 10.2. The van der Waals surface area contributed by atoms with Gasteiger partial charge in [-0.25, -0.2) is 5.84 Å². The van der Waals surface area contributed by atoms with Crippen LogP contribution in [0.5, 0.6) is 5.75 Å². The van der Waals surface area contributed by atoms with Crippen LogP contribution in [0.3, 0.4) is 0 Å². The normalized spacial score (nSPS) is 10.4. The highest BCUT2D eigenvalue weighted by atomic mass is 32.1. The van der Waals surface area contributed by atoms with Crippen LogP contribution in [0.15, 0.2) is 36.4 Å². The summed E-state index contributed by atoms with van der Waals surface area (Å²) in [5.41, 5.74) is 3.13. The van der Waals surface area contributed by atoms with E-state index in [0.717, 1.165) is 16.2 Å². The molecule has 0 fully saturated rings. The molecule has 0 radical (unpaired) electrons. The lowest BCUT2D eigenvalue weighted by Gasteiger charge is -2.06. The van der Waals surface area contributed by atoms with Crippen LogP contribution in [0.2, 0.25) is 0 Å². The molecule has 2 aromatic rings. The Balaban J connectivity index is 1.74. The predicted octanol–water partition coefficient (Wildman–Crippen LogP) is 2.26. The van der Waals surface area contributed by atoms with E-state index < -0.39 is 0 Å². The SMILES string of the molecule is Cc1sc(C(=O)NN)cc1COCCOc1ccccc1. The molecule has 0 saturated carbocycles. The number of benzene rings is 1. The number of ether oxygens (including phenoxy) is 2. The molecule has 5 nitrogen and oxygen atoms in total. The largest absolute Gasteiger partial charge is 0.491 e. The average Bonchev–Trinajstić information content (AvgIpc) is 2.88. The van der Waals surface area contributed by atoms with Gasteiger partial charge in [0.05, 0.1) is 18.1 Å². The topological polar surface area (TPSA) is 73.6 Å². The summed E-state index contributed by atoms with van der Waals surface area (Å²) in [4.78, 5) is 13.1. The van der Waals surface area contributed by atoms with Crippen molar-refractivity contribution >= 4 is 17.2 Å². The standard InChI is InChI=1S/C15H18N2O3S/c1-11-12(9-14(21-11)15(18)17-16)10-19-7-8-20-13-5-3-2-4-6-13/h2-6,9H,7-8,10,16H2,1H3,(H,17,18). The smallest absolute Gasteiger partial charge is 0.275 e. The van der Waals surface area contributed by atoms with Crippen molar-refractivity contribution in [2.24, 2.45) is 5.84 Å². The molecule has 0 saturated heterocycles. The zero-order valence-electron chi connectivity index (χ0n) is 11.8. The third kappa shape index (κ3) is 4.56. The Morgan fingerprint density at radius 3 is 2.76 bits per heavy atom. The van der Waals surface area contributed by atoms with Crippen molar-refractivity contribution in [2.45, 2.75) is 13.5 Å². The minimum Gasteiger partial charge on any atom is -0.491 e. The number of nitrogens with two attached hydrogens (primary N) is 1. The first kappa shape index (κ1) is 15.5. The maximum Gasteiger partial charge on any atom is 0.275 e. The second-order valence-electron chi connectivity index (χ2n) is 4.38. The highest BCUT2D eigenvalue weighted by Gasteiger charge is 2.11. The molecule has 1 heterocycles. The second-order valence-corrected chi connectivity index (χ2v) is 5.64. The summed E-state index contributed by atoms with van der Waals surface area (Å²) in [5, 5.41) is 0. The minimum absolute atomic E-state index is 0.276. The van der Waals surface area contributed by atoms with Crippen LogP contribution in [-0.4, -0.2) is 19.1 Å². The van der Waals surface area contributed by atoms with Crippen LogP contribution >= 0.6 is 11.3 Å². The Bertz CT molecular complexity index is 584. The van der Waals surface area contributed by atoms with Crippen LogP contribution in [0.25, 0.3) is 0 Å². The Morgan fingerprint density at radius 1 is 1.29 bits per heavy atom. The molecule has 1 amide bonds. The molecule has 0 bridgehead atoms. The maximum atomic E-state index is 11.4. The van der Waals surface area contributed by atoms with Gasteiger partial charge in [0.1, 0.15) is 12.4 Å². The molecule has 0 atom stereocenters. The summed E-state index contributed by atoms with van der Waals surface area (Å²) in [5.74, 6) is 5.67. The van der Waals surface area contributed by atoms with Gasteiger partial charge in [-0.2, -0.15) is 0 Å². The van der Waals surface area contributed by atoms with E-state index in [9.17, 15) is 4.79 Å². The fraction of sp³-hybridized carbons (Fsp3) is 0.267. The zero-order valence-corrected chi connectivity index (χ0v) is 12.6. The van der Waals surface area contributed by atoms with Gasteiger partial charge in [0, 0.05) is 4.88 Å². The molecular weight excluding hydrogens is 288 g/mol. The number of hydrogen-bond acceptors (Lipinski definition) is 5. The van der Waals surface area contributed by atoms with E-state index in [1.54, 1.807) is 6.07 Å². The Morgan fingerprint density at radius 2 is 2.05 bits per heavy atom. The van der Waals surface area contributed by atoms with Gasteiger partial charge < -0.3 is 9.47 Å². The molecule has 0 aliphatic carbocycles. The Labute approximate surface area is 127 Å². The highest BCUT2D eigenvalue weighted by molar-refractivity contribution is 7.14. The molecule has 21 heavy (non-hydrogen) atoms. The van der Waals surface area contributed by atoms with Crippen LogP contribution in [0, 0.1) is 6.92 Å². The molecular formula is C15H18N2O3S. The number of hydrogen-bond donors (Lipinski definition) is 2. The van der Waals surface area contributed by atoms with E-state index >= 15 is 0 Å². The summed E-state index contributed by atoms with van der Waals surface area (Å²) in [6.07, 6.45) is 0. The van der Waals surface area contributed by atoms with E-state index in [1.165, 1.54) is 11.3 Å². The first-order valence-corrected chi connectivity index (χ1v) is 7.38. The summed E-state index contributed by atoms with van der Waals surface area (Å²) in [7, 11) is 0. The zero-order chi connectivity index (χ0) is 15.1. The fourth-order valence-corrected chi connectivity index (χ4v) is 2.70. The second kappa shape index (κ2) is 7.78. The third-order valence-corrected chi connectivity index (χ3v) is 3.96. The molecule has 1 aromatic carbocycles. The first-order chi connectivity index (χ1) is 10.2. The molecule has 0 aliphatic heterocycles. The van der Waals surface area contributed by atoms with Gasteiger partial charge in [0.25, 0.3) is 5.91 Å². The molecule has 0 aliphatic rings. The van der Waals surface area contributed by atoms with Gasteiger partial charge in [-0.05, 0) is 30.7 Å². The van der Waals surface area contributed by atoms with Gasteiger partial charge in [-0.1, -0.05) is 18.2 Å². The van der Waals surface area contributed by atoms with Gasteiger partial charge in [0.15, 0.2) is 0 Å². The van der Waals surface area contributed by atoms with E-state index in [1.807, 2.05) is 37.3 Å². The quantitative estimate of drug-likeness (QED) is 0.356. The number of thiophene rings is 1. The number of nitrogen functional groups attached to an aromatic ring is 1. The van der Waals surface area contributed by atoms with Gasteiger partial charge in [-0.3, -0.25) is 10.2 Å². The average molecular weight is 306 g/mol. The van der Waals surface area contributed by atoms with Gasteiger partial charge in [0.2, 0.25) is 0 Å². The molecule has 112 valence electrons. The summed E-state index contributed by atoms with van der Waals surface area (Å²) in [6, 6.07) is 11.4. The lowest BCUT2D eigenvalue weighted by molar-refractivity contribution is 0.0887. The summed E-state index contributed by atoms with van der Waals surface area (Å²) < 4.78 is 11.1. The maximum absolute atomic E-state index is 11.4. The predicted molar refractivity (Wildman–Crippen MR) is 82.3 cm³/mol. The van der Waals surface area contributed by atoms with E-state index in [2.05, 4.69) is 5.43 Å². The number of carbonyl (C=O) groups is 1. The minimum atomic E-state index is -0.276. The molecule has 0 unspecified atom stereocenters. The number of carbonyl (C=O) groups excluding carboxylic acids is 1. The van der Waals surface area contributed by atoms with Crippen molar-refractivity contribution in [3.05, 3.63) is 51.7 Å². The molecule has 1 aromatic heterocycles. The van der Waals surface area contributed by atoms with Crippen LogP contribution in [-0.2, 0) is 11.3 Å². The number of amides is 1. The van der Waals surface area contributed by atoms with Crippen LogP contribution < -0.4 is 16.0 Å². The van der Waals surface area contributed by atoms with Crippen LogP contribution in [0.1, 0.15) is 20.1 Å². The Kier molecular flexibility index (Phi) is 5.74. The number of rotatable bonds is 7. The molecule has 0 spiro atoms. The fourth-order valence-electron chi connectivity index (χ4n) is 1.76. The van der Waals surface area contributed by atoms with Crippen molar-refractivity contribution in [3.63, 3.8) is 0 Å². The van der Waals surface area contributed by atoms with Crippen LogP contribution in [0.4, 0.5) is 0 Å². The van der Waals surface area contributed by atoms with E-state index in [4.69, 9.17) is 15.3 Å². The number of aryl methyl sites for hydroxylation is 1. The summed E-state index contributed by atoms with van der Waals surface area (Å²) >= 11 is 1.40. The Hall–Kier alpha value is -1.89. The third-order valence-electron chi connectivity index (χ3n) is 2.87. The van der Waals surface area contributed by atoms with E-state index in [-0.39, 0.29) is 5.91 Å². The molecule has 6 heteroatoms. The van der Waals surface area contributed by atoms with Crippen molar-refractivity contribution < 1.29 is 14.3 Å². The first-order valence-electron chi connectivity index (χ1n) is 6.56. The van der Waals surface area contributed by atoms with Crippen molar-refractivity contribution in [1.29, 1.82) is 0 Å². The number of para-hydroxylation sites is 1. The van der Waals surface area contributed by atoms with Gasteiger partial charge in [-0.15, -0.1) is 11.3 Å². The lowest BCUT2D eigenvalue weighted by Crippen LogP contribution is -2.29. The monoisotopic (exact) mass is 306 g/mol. The van der Waals surface area contributed by atoms with Gasteiger partial charge >= 0.3 is 0 Å². The highest BCUT2D eigenvalue weighted by Crippen LogP contribution is 2.22. The van der Waals surface area contributed by atoms with Crippen molar-refractivity contribution in [1.82, 2.24) is 5.43 Å². The van der Waals surface area contributed by atoms with Crippen molar-refractivity contribution in [2.75, 3.05) is 13.2 Å². The summed E-state index contributed by atoms with van der Waals surface area (Å²) in [6.45, 7) is 3.39. The molecule has 2 rings (SSSR count). The van der Waals surface area contributed by atoms with Crippen molar-refractivity contribution in [3.8, 4) is 5.75 Å².